The Morgan fingerprint density at radius 1 is 1.54 bits per heavy atom. The molecule has 0 heterocycles. The number of aliphatic hydroxyl groups excluding tert-OH is 1. The summed E-state index contributed by atoms with van der Waals surface area (Å²) in [4.78, 5) is 10.5. The molecule has 13 heavy (non-hydrogen) atoms. The number of hydrogen-bond acceptors (Lipinski definition) is 4. The zero-order valence-electron chi connectivity index (χ0n) is 7.15. The lowest BCUT2D eigenvalue weighted by atomic mass is 10.1. The topological polar surface area (TPSA) is 66.8 Å². The van der Waals surface area contributed by atoms with Crippen LogP contribution in [-0.4, -0.2) is 23.6 Å². The highest BCUT2D eigenvalue weighted by atomic mass is 16.5. The van der Waals surface area contributed by atoms with Crippen molar-refractivity contribution in [3.8, 4) is 11.5 Å². The highest BCUT2D eigenvalue weighted by Gasteiger charge is 2.11. The standard InChI is InChI=1S/C9H10O4/c1-13-8-3-2-6(4-10)7(5-11)9(8)12/h2-4,11-12H,5H2,1H3. The number of aromatic hydroxyl groups is 1. The normalized spacial score (nSPS) is 9.69. The summed E-state index contributed by atoms with van der Waals surface area (Å²) in [6.45, 7) is -0.392. The van der Waals surface area contributed by atoms with Gasteiger partial charge in [0.15, 0.2) is 17.8 Å². The zero-order valence-corrected chi connectivity index (χ0v) is 7.15. The predicted molar refractivity (Wildman–Crippen MR) is 46.0 cm³/mol. The van der Waals surface area contributed by atoms with E-state index in [1.165, 1.54) is 19.2 Å². The smallest absolute Gasteiger partial charge is 0.163 e. The molecule has 4 nitrogen and oxygen atoms in total. The van der Waals surface area contributed by atoms with Crippen LogP contribution in [0.5, 0.6) is 11.5 Å². The van der Waals surface area contributed by atoms with Crippen molar-refractivity contribution in [2.45, 2.75) is 6.61 Å². The maximum absolute atomic E-state index is 10.5. The lowest BCUT2D eigenvalue weighted by Gasteiger charge is -2.08. The molecular formula is C9H10O4. The van der Waals surface area contributed by atoms with Crippen LogP contribution < -0.4 is 4.74 Å². The molecule has 0 unspecified atom stereocenters. The van der Waals surface area contributed by atoms with Crippen molar-refractivity contribution in [3.05, 3.63) is 23.3 Å². The van der Waals surface area contributed by atoms with Crippen molar-refractivity contribution in [2.75, 3.05) is 7.11 Å². The van der Waals surface area contributed by atoms with E-state index < -0.39 is 6.61 Å². The van der Waals surface area contributed by atoms with Gasteiger partial charge >= 0.3 is 0 Å². The van der Waals surface area contributed by atoms with Gasteiger partial charge in [-0.3, -0.25) is 4.79 Å². The van der Waals surface area contributed by atoms with Gasteiger partial charge < -0.3 is 14.9 Å². The van der Waals surface area contributed by atoms with Crippen molar-refractivity contribution >= 4 is 6.29 Å². The molecule has 4 heteroatoms. The van der Waals surface area contributed by atoms with Crippen molar-refractivity contribution in [1.29, 1.82) is 0 Å². The minimum Gasteiger partial charge on any atom is -0.504 e. The molecule has 0 aliphatic rings. The number of phenols is 1. The molecule has 0 aliphatic carbocycles. The van der Waals surface area contributed by atoms with Gasteiger partial charge in [-0.05, 0) is 12.1 Å². The van der Waals surface area contributed by atoms with Gasteiger partial charge in [0.05, 0.1) is 13.7 Å². The predicted octanol–water partition coefficient (Wildman–Crippen LogP) is 0.706. The molecule has 2 N–H and O–H groups in total. The molecular weight excluding hydrogens is 172 g/mol. The van der Waals surface area contributed by atoms with Crippen molar-refractivity contribution in [1.82, 2.24) is 0 Å². The number of hydrogen-bond donors (Lipinski definition) is 2. The number of rotatable bonds is 3. The third kappa shape index (κ3) is 1.62. The third-order valence-corrected chi connectivity index (χ3v) is 1.79. The number of carbonyl (C=O) groups excluding carboxylic acids is 1. The van der Waals surface area contributed by atoms with E-state index in [0.717, 1.165) is 0 Å². The first-order valence-corrected chi connectivity index (χ1v) is 3.69. The molecule has 0 fully saturated rings. The second-order valence-corrected chi connectivity index (χ2v) is 2.46. The van der Waals surface area contributed by atoms with E-state index in [0.29, 0.717) is 6.29 Å². The summed E-state index contributed by atoms with van der Waals surface area (Å²) in [5.74, 6) is 0.0595. The average Bonchev–Trinajstić information content (AvgIpc) is 2.17. The van der Waals surface area contributed by atoms with Crippen LogP contribution in [-0.2, 0) is 6.61 Å². The molecule has 1 rings (SSSR count). The summed E-state index contributed by atoms with van der Waals surface area (Å²) in [5.41, 5.74) is 0.454. The monoisotopic (exact) mass is 182 g/mol. The molecule has 0 atom stereocenters. The molecule has 0 amide bonds. The second-order valence-electron chi connectivity index (χ2n) is 2.46. The number of aldehydes is 1. The molecule has 1 aromatic rings. The van der Waals surface area contributed by atoms with Gasteiger partial charge in [0, 0.05) is 11.1 Å². The number of carbonyl (C=O) groups is 1. The van der Waals surface area contributed by atoms with Crippen molar-refractivity contribution in [3.63, 3.8) is 0 Å². The molecule has 0 radical (unpaired) electrons. The Morgan fingerprint density at radius 2 is 2.23 bits per heavy atom. The van der Waals surface area contributed by atoms with E-state index in [9.17, 15) is 9.90 Å². The summed E-state index contributed by atoms with van der Waals surface area (Å²) in [5, 5.41) is 18.3. The maximum Gasteiger partial charge on any atom is 0.163 e. The Hall–Kier alpha value is -1.55. The van der Waals surface area contributed by atoms with Crippen LogP contribution in [0, 0.1) is 0 Å². The molecule has 1 aromatic carbocycles. The van der Waals surface area contributed by atoms with E-state index in [2.05, 4.69) is 0 Å². The van der Waals surface area contributed by atoms with Crippen LogP contribution in [0.15, 0.2) is 12.1 Å². The van der Waals surface area contributed by atoms with Gasteiger partial charge in [-0.25, -0.2) is 0 Å². The SMILES string of the molecule is COc1ccc(C=O)c(CO)c1O. The van der Waals surface area contributed by atoms with E-state index in [1.54, 1.807) is 0 Å². The first-order chi connectivity index (χ1) is 6.24. The van der Waals surface area contributed by atoms with Crippen LogP contribution in [0.4, 0.5) is 0 Å². The lowest BCUT2D eigenvalue weighted by Crippen LogP contribution is -1.95. The number of ether oxygens (including phenoxy) is 1. The van der Waals surface area contributed by atoms with Gasteiger partial charge in [0.2, 0.25) is 0 Å². The summed E-state index contributed by atoms with van der Waals surface area (Å²) < 4.78 is 4.81. The van der Waals surface area contributed by atoms with Gasteiger partial charge in [-0.2, -0.15) is 0 Å². The molecule has 70 valence electrons. The summed E-state index contributed by atoms with van der Waals surface area (Å²) in [6, 6.07) is 2.95. The molecule has 0 bridgehead atoms. The fourth-order valence-corrected chi connectivity index (χ4v) is 1.07. The Bertz CT molecular complexity index is 320. The van der Waals surface area contributed by atoms with Gasteiger partial charge in [0.25, 0.3) is 0 Å². The third-order valence-electron chi connectivity index (χ3n) is 1.79. The highest BCUT2D eigenvalue weighted by molar-refractivity contribution is 5.79. The zero-order chi connectivity index (χ0) is 9.84. The fraction of sp³-hybridized carbons (Fsp3) is 0.222. The largest absolute Gasteiger partial charge is 0.504 e. The minimum atomic E-state index is -0.392. The van der Waals surface area contributed by atoms with Crippen molar-refractivity contribution < 1.29 is 19.7 Å². The van der Waals surface area contributed by atoms with Crippen LogP contribution in [0.25, 0.3) is 0 Å². The minimum absolute atomic E-state index is 0.186. The summed E-state index contributed by atoms with van der Waals surface area (Å²) in [7, 11) is 1.40. The number of benzene rings is 1. The van der Waals surface area contributed by atoms with Crippen molar-refractivity contribution in [2.24, 2.45) is 0 Å². The van der Waals surface area contributed by atoms with E-state index in [1.807, 2.05) is 0 Å². The first kappa shape index (κ1) is 9.54. The summed E-state index contributed by atoms with van der Waals surface area (Å²) >= 11 is 0. The molecule has 0 aliphatic heterocycles. The number of methoxy groups -OCH3 is 1. The quantitative estimate of drug-likeness (QED) is 0.675. The Morgan fingerprint density at radius 3 is 2.69 bits per heavy atom. The second kappa shape index (κ2) is 3.91. The molecule has 0 spiro atoms. The first-order valence-electron chi connectivity index (χ1n) is 3.69. The lowest BCUT2D eigenvalue weighted by molar-refractivity contribution is 0.111. The van der Waals surface area contributed by atoms with E-state index in [4.69, 9.17) is 9.84 Å². The molecule has 0 aromatic heterocycles. The maximum atomic E-state index is 10.5. The molecule has 0 saturated carbocycles. The van der Waals surface area contributed by atoms with Crippen LogP contribution >= 0.6 is 0 Å². The Labute approximate surface area is 75.4 Å². The highest BCUT2D eigenvalue weighted by Crippen LogP contribution is 2.31. The van der Waals surface area contributed by atoms with Gasteiger partial charge in [-0.15, -0.1) is 0 Å². The van der Waals surface area contributed by atoms with Gasteiger partial charge in [-0.1, -0.05) is 0 Å². The Balaban J connectivity index is 3.31. The van der Waals surface area contributed by atoms with E-state index in [-0.39, 0.29) is 22.6 Å². The van der Waals surface area contributed by atoms with E-state index >= 15 is 0 Å². The van der Waals surface area contributed by atoms with Crippen LogP contribution in [0.3, 0.4) is 0 Å². The number of aliphatic hydroxyl groups is 1. The average molecular weight is 182 g/mol. The Kier molecular flexibility index (Phi) is 2.87. The molecule has 0 saturated heterocycles. The fourth-order valence-electron chi connectivity index (χ4n) is 1.07. The van der Waals surface area contributed by atoms with Crippen LogP contribution in [0.2, 0.25) is 0 Å². The summed E-state index contributed by atoms with van der Waals surface area (Å²) in [6.07, 6.45) is 0.574. The van der Waals surface area contributed by atoms with Crippen LogP contribution in [0.1, 0.15) is 15.9 Å². The van der Waals surface area contributed by atoms with Gasteiger partial charge in [0.1, 0.15) is 0 Å².